The van der Waals surface area contributed by atoms with Crippen LogP contribution in [0.2, 0.25) is 0 Å². The monoisotopic (exact) mass is 499 g/mol. The summed E-state index contributed by atoms with van der Waals surface area (Å²) < 4.78 is 25.6. The second-order valence-electron chi connectivity index (χ2n) is 6.49. The van der Waals surface area contributed by atoms with Crippen molar-refractivity contribution in [2.75, 3.05) is 7.11 Å². The second kappa shape index (κ2) is 9.57. The lowest BCUT2D eigenvalue weighted by Gasteiger charge is -2.14. The Balaban J connectivity index is 1.89. The highest BCUT2D eigenvalue weighted by Crippen LogP contribution is 2.35. The molecule has 3 aromatic rings. The van der Waals surface area contributed by atoms with E-state index in [1.165, 1.54) is 12.1 Å². The Kier molecular flexibility index (Phi) is 6.89. The van der Waals surface area contributed by atoms with Crippen LogP contribution in [-0.4, -0.2) is 7.11 Å². The molecule has 5 heteroatoms. The molecule has 0 spiro atoms. The highest BCUT2D eigenvalue weighted by Gasteiger charge is 2.12. The van der Waals surface area contributed by atoms with E-state index in [1.807, 2.05) is 49.4 Å². The molecule has 3 nitrogen and oxygen atoms in total. The molecule has 0 aliphatic heterocycles. The number of rotatable bonds is 6. The number of aryl methyl sites for hydroxylation is 1. The first-order valence-corrected chi connectivity index (χ1v) is 10.0. The molecule has 0 aliphatic carbocycles. The minimum Gasteiger partial charge on any atom is -0.493 e. The Hall–Kier alpha value is -2.85. The molecule has 0 amide bonds. The maximum atomic E-state index is 13.4. The third-order valence-electron chi connectivity index (χ3n) is 4.32. The van der Waals surface area contributed by atoms with Crippen LogP contribution in [0, 0.1) is 27.6 Å². The van der Waals surface area contributed by atoms with Crippen molar-refractivity contribution in [2.24, 2.45) is 0 Å². The molecule has 0 fully saturated rings. The number of hydrogen-bond acceptors (Lipinski definition) is 3. The van der Waals surface area contributed by atoms with Gasteiger partial charge in [-0.25, -0.2) is 4.39 Å². The Morgan fingerprint density at radius 3 is 2.55 bits per heavy atom. The molecule has 3 rings (SSSR count). The van der Waals surface area contributed by atoms with Gasteiger partial charge >= 0.3 is 0 Å². The summed E-state index contributed by atoms with van der Waals surface area (Å²) in [6.07, 6.45) is 1.83. The van der Waals surface area contributed by atoms with Crippen LogP contribution in [0.3, 0.4) is 0 Å². The van der Waals surface area contributed by atoms with Crippen molar-refractivity contribution in [3.05, 3.63) is 92.3 Å². The van der Waals surface area contributed by atoms with Gasteiger partial charge in [0.05, 0.1) is 22.3 Å². The van der Waals surface area contributed by atoms with E-state index in [0.717, 1.165) is 25.8 Å². The van der Waals surface area contributed by atoms with E-state index in [1.54, 1.807) is 19.2 Å². The van der Waals surface area contributed by atoms with Crippen molar-refractivity contribution in [1.29, 1.82) is 5.26 Å². The number of ether oxygens (including phenoxy) is 2. The van der Waals surface area contributed by atoms with E-state index in [0.29, 0.717) is 17.1 Å². The van der Waals surface area contributed by atoms with E-state index in [9.17, 15) is 9.65 Å². The molecular weight excluding hydrogens is 480 g/mol. The molecule has 0 saturated carbocycles. The summed E-state index contributed by atoms with van der Waals surface area (Å²) in [5.74, 6) is 0.845. The van der Waals surface area contributed by atoms with Crippen molar-refractivity contribution in [1.82, 2.24) is 0 Å². The predicted octanol–water partition coefficient (Wildman–Crippen LogP) is 6.39. The fourth-order valence-corrected chi connectivity index (χ4v) is 3.61. The van der Waals surface area contributed by atoms with Gasteiger partial charge in [0.2, 0.25) is 0 Å². The molecule has 0 unspecified atom stereocenters. The average molecular weight is 499 g/mol. The van der Waals surface area contributed by atoms with Crippen LogP contribution < -0.4 is 9.47 Å². The smallest absolute Gasteiger partial charge is 0.174 e. The van der Waals surface area contributed by atoms with Gasteiger partial charge in [0.1, 0.15) is 12.4 Å². The number of nitriles is 1. The molecular formula is C24H19FINO2. The molecule has 3 aromatic carbocycles. The van der Waals surface area contributed by atoms with Crippen molar-refractivity contribution in [3.8, 4) is 17.6 Å². The Labute approximate surface area is 183 Å². The standard InChI is InChI=1S/C24H19FINO2/c1-16-6-8-19(9-7-16)20(14-27)10-18-12-22(26)24(23(13-18)28-2)29-15-17-4-3-5-21(25)11-17/h3-13H,15H2,1-2H3/b20-10+. The number of allylic oxidation sites excluding steroid dienone is 1. The van der Waals surface area contributed by atoms with Crippen LogP contribution in [0.4, 0.5) is 4.39 Å². The van der Waals surface area contributed by atoms with Gasteiger partial charge in [0.15, 0.2) is 11.5 Å². The fraction of sp³-hybridized carbons (Fsp3) is 0.125. The number of methoxy groups -OCH3 is 1. The van der Waals surface area contributed by atoms with Crippen molar-refractivity contribution >= 4 is 34.2 Å². The van der Waals surface area contributed by atoms with Crippen LogP contribution in [-0.2, 0) is 6.61 Å². The lowest BCUT2D eigenvalue weighted by molar-refractivity contribution is 0.282. The average Bonchev–Trinajstić information content (AvgIpc) is 2.71. The quantitative estimate of drug-likeness (QED) is 0.224. The molecule has 0 atom stereocenters. The first kappa shape index (κ1) is 20.9. The van der Waals surface area contributed by atoms with Crippen molar-refractivity contribution in [3.63, 3.8) is 0 Å². The molecule has 0 aromatic heterocycles. The van der Waals surface area contributed by atoms with Crippen molar-refractivity contribution < 1.29 is 13.9 Å². The van der Waals surface area contributed by atoms with Gasteiger partial charge in [-0.05, 0) is 76.5 Å². The van der Waals surface area contributed by atoms with Gasteiger partial charge in [-0.3, -0.25) is 0 Å². The van der Waals surface area contributed by atoms with Gasteiger partial charge in [0, 0.05) is 0 Å². The third-order valence-corrected chi connectivity index (χ3v) is 5.12. The molecule has 0 aliphatic rings. The zero-order chi connectivity index (χ0) is 20.8. The summed E-state index contributed by atoms with van der Waals surface area (Å²) in [5, 5.41) is 9.59. The summed E-state index contributed by atoms with van der Waals surface area (Å²) >= 11 is 2.17. The number of benzene rings is 3. The Morgan fingerprint density at radius 1 is 1.14 bits per heavy atom. The molecule has 0 N–H and O–H groups in total. The third kappa shape index (κ3) is 5.36. The topological polar surface area (TPSA) is 42.2 Å². The molecule has 0 radical (unpaired) electrons. The summed E-state index contributed by atoms with van der Waals surface area (Å²) in [6.45, 7) is 2.24. The molecule has 0 heterocycles. The lowest BCUT2D eigenvalue weighted by Crippen LogP contribution is -2.00. The van der Waals surface area contributed by atoms with E-state index in [-0.39, 0.29) is 12.4 Å². The second-order valence-corrected chi connectivity index (χ2v) is 7.65. The van der Waals surface area contributed by atoms with Gasteiger partial charge in [-0.2, -0.15) is 5.26 Å². The zero-order valence-electron chi connectivity index (χ0n) is 16.1. The normalized spacial score (nSPS) is 11.1. The zero-order valence-corrected chi connectivity index (χ0v) is 18.2. The summed E-state index contributed by atoms with van der Waals surface area (Å²) in [7, 11) is 1.57. The van der Waals surface area contributed by atoms with Gasteiger partial charge in [-0.15, -0.1) is 0 Å². The van der Waals surface area contributed by atoms with E-state index in [2.05, 4.69) is 28.7 Å². The summed E-state index contributed by atoms with van der Waals surface area (Å²) in [5.41, 5.74) is 4.14. The summed E-state index contributed by atoms with van der Waals surface area (Å²) in [6, 6.07) is 20.1. The number of hydrogen-bond donors (Lipinski definition) is 0. The first-order valence-electron chi connectivity index (χ1n) is 8.94. The summed E-state index contributed by atoms with van der Waals surface area (Å²) in [4.78, 5) is 0. The largest absolute Gasteiger partial charge is 0.493 e. The van der Waals surface area contributed by atoms with Crippen molar-refractivity contribution in [2.45, 2.75) is 13.5 Å². The first-order chi connectivity index (χ1) is 14.0. The fourth-order valence-electron chi connectivity index (χ4n) is 2.83. The molecule has 0 saturated heterocycles. The van der Waals surface area contributed by atoms with Gasteiger partial charge < -0.3 is 9.47 Å². The Bertz CT molecular complexity index is 1090. The predicted molar refractivity (Wildman–Crippen MR) is 121 cm³/mol. The highest BCUT2D eigenvalue weighted by molar-refractivity contribution is 14.1. The lowest BCUT2D eigenvalue weighted by atomic mass is 10.0. The van der Waals surface area contributed by atoms with Gasteiger partial charge in [0.25, 0.3) is 0 Å². The molecule has 146 valence electrons. The van der Waals surface area contributed by atoms with Crippen LogP contribution in [0.25, 0.3) is 11.6 Å². The Morgan fingerprint density at radius 2 is 1.90 bits per heavy atom. The van der Waals surface area contributed by atoms with Crippen LogP contribution in [0.1, 0.15) is 22.3 Å². The van der Waals surface area contributed by atoms with E-state index >= 15 is 0 Å². The SMILES string of the molecule is COc1cc(/C=C(\C#N)c2ccc(C)cc2)cc(I)c1OCc1cccc(F)c1. The maximum Gasteiger partial charge on any atom is 0.174 e. The van der Waals surface area contributed by atoms with E-state index in [4.69, 9.17) is 9.47 Å². The number of halogens is 2. The minimum absolute atomic E-state index is 0.228. The molecule has 29 heavy (non-hydrogen) atoms. The number of nitrogens with zero attached hydrogens (tertiary/aromatic N) is 1. The minimum atomic E-state index is -0.298. The van der Waals surface area contributed by atoms with E-state index < -0.39 is 0 Å². The van der Waals surface area contributed by atoms with Gasteiger partial charge in [-0.1, -0.05) is 42.0 Å². The van der Waals surface area contributed by atoms with Crippen LogP contribution in [0.5, 0.6) is 11.5 Å². The van der Waals surface area contributed by atoms with Crippen LogP contribution in [0.15, 0.2) is 60.7 Å². The van der Waals surface area contributed by atoms with Crippen LogP contribution >= 0.6 is 22.6 Å². The highest BCUT2D eigenvalue weighted by atomic mass is 127. The maximum absolute atomic E-state index is 13.4. The molecule has 0 bridgehead atoms.